The minimum absolute atomic E-state index is 0.105. The summed E-state index contributed by atoms with van der Waals surface area (Å²) in [6.07, 6.45) is 0.544. The molecular weight excluding hydrogens is 237 g/mol. The van der Waals surface area contributed by atoms with Gasteiger partial charge in [0.25, 0.3) is 0 Å². The van der Waals surface area contributed by atoms with Gasteiger partial charge in [0.15, 0.2) is 0 Å². The molecule has 0 saturated carbocycles. The van der Waals surface area contributed by atoms with Crippen LogP contribution in [0, 0.1) is 5.82 Å². The third kappa shape index (κ3) is 5.43. The minimum Gasteiger partial charge on any atom is -0.481 e. The standard InChI is InChI=1S/C13H16FNO3/c1-9(7-13(17)18)15-12(16)6-5-10-3-2-4-11(14)8-10/h2-4,8-9H,5-7H2,1H3,(H,15,16)(H,17,18). The number of aryl methyl sites for hydroxylation is 1. The van der Waals surface area contributed by atoms with Crippen molar-refractivity contribution in [2.75, 3.05) is 0 Å². The van der Waals surface area contributed by atoms with E-state index < -0.39 is 12.0 Å². The quantitative estimate of drug-likeness (QED) is 0.811. The van der Waals surface area contributed by atoms with Crippen molar-refractivity contribution >= 4 is 11.9 Å². The van der Waals surface area contributed by atoms with Crippen LogP contribution < -0.4 is 5.32 Å². The summed E-state index contributed by atoms with van der Waals surface area (Å²) in [6, 6.07) is 5.67. The van der Waals surface area contributed by atoms with Crippen LogP contribution in [0.1, 0.15) is 25.3 Å². The Balaban J connectivity index is 2.35. The van der Waals surface area contributed by atoms with Crippen LogP contribution in [-0.2, 0) is 16.0 Å². The van der Waals surface area contributed by atoms with Gasteiger partial charge < -0.3 is 10.4 Å². The number of halogens is 1. The van der Waals surface area contributed by atoms with Crippen molar-refractivity contribution in [3.63, 3.8) is 0 Å². The summed E-state index contributed by atoms with van der Waals surface area (Å²) in [7, 11) is 0. The Morgan fingerprint density at radius 2 is 2.17 bits per heavy atom. The van der Waals surface area contributed by atoms with Crippen LogP contribution in [0.2, 0.25) is 0 Å². The van der Waals surface area contributed by atoms with Gasteiger partial charge in [0.2, 0.25) is 5.91 Å². The van der Waals surface area contributed by atoms with E-state index in [0.29, 0.717) is 6.42 Å². The molecule has 1 aromatic carbocycles. The van der Waals surface area contributed by atoms with Gasteiger partial charge >= 0.3 is 5.97 Å². The summed E-state index contributed by atoms with van der Waals surface area (Å²) in [6.45, 7) is 1.63. The second kappa shape index (κ2) is 6.74. The Bertz CT molecular complexity index is 434. The lowest BCUT2D eigenvalue weighted by Crippen LogP contribution is -2.34. The first-order valence-electron chi connectivity index (χ1n) is 5.73. The van der Waals surface area contributed by atoms with Gasteiger partial charge in [-0.05, 0) is 31.0 Å². The first-order valence-corrected chi connectivity index (χ1v) is 5.73. The zero-order valence-corrected chi connectivity index (χ0v) is 10.1. The number of hydrogen-bond acceptors (Lipinski definition) is 2. The average molecular weight is 253 g/mol. The average Bonchev–Trinajstić information content (AvgIpc) is 2.25. The minimum atomic E-state index is -0.951. The highest BCUT2D eigenvalue weighted by atomic mass is 19.1. The Labute approximate surface area is 105 Å². The fourth-order valence-corrected chi connectivity index (χ4v) is 1.61. The van der Waals surface area contributed by atoms with E-state index in [1.165, 1.54) is 12.1 Å². The maximum Gasteiger partial charge on any atom is 0.305 e. The van der Waals surface area contributed by atoms with Crippen LogP contribution in [-0.4, -0.2) is 23.0 Å². The number of amides is 1. The molecule has 1 rings (SSSR count). The zero-order valence-electron chi connectivity index (χ0n) is 10.1. The normalized spacial score (nSPS) is 11.9. The van der Waals surface area contributed by atoms with E-state index in [1.54, 1.807) is 19.1 Å². The molecule has 0 spiro atoms. The summed E-state index contributed by atoms with van der Waals surface area (Å²) in [4.78, 5) is 21.9. The molecule has 1 unspecified atom stereocenters. The van der Waals surface area contributed by atoms with Crippen LogP contribution >= 0.6 is 0 Å². The molecule has 4 nitrogen and oxygen atoms in total. The van der Waals surface area contributed by atoms with Crippen molar-refractivity contribution in [1.29, 1.82) is 0 Å². The Hall–Kier alpha value is -1.91. The van der Waals surface area contributed by atoms with Gasteiger partial charge in [-0.25, -0.2) is 4.39 Å². The number of carboxylic acid groups (broad SMARTS) is 1. The molecule has 0 radical (unpaired) electrons. The molecule has 0 aromatic heterocycles. The Kier molecular flexibility index (Phi) is 5.30. The zero-order chi connectivity index (χ0) is 13.5. The number of benzene rings is 1. The Morgan fingerprint density at radius 3 is 2.78 bits per heavy atom. The lowest BCUT2D eigenvalue weighted by Gasteiger charge is -2.11. The molecule has 0 aliphatic rings. The van der Waals surface area contributed by atoms with E-state index >= 15 is 0 Å². The van der Waals surface area contributed by atoms with Crippen LogP contribution in [0.15, 0.2) is 24.3 Å². The van der Waals surface area contributed by atoms with E-state index in [4.69, 9.17) is 5.11 Å². The highest BCUT2D eigenvalue weighted by Gasteiger charge is 2.10. The molecule has 1 aromatic rings. The van der Waals surface area contributed by atoms with Gasteiger partial charge in [0.05, 0.1) is 6.42 Å². The van der Waals surface area contributed by atoms with Crippen molar-refractivity contribution in [1.82, 2.24) is 5.32 Å². The molecule has 1 atom stereocenters. The first-order chi connectivity index (χ1) is 8.47. The van der Waals surface area contributed by atoms with Crippen molar-refractivity contribution < 1.29 is 19.1 Å². The lowest BCUT2D eigenvalue weighted by molar-refractivity contribution is -0.137. The first kappa shape index (κ1) is 14.2. The largest absolute Gasteiger partial charge is 0.481 e. The summed E-state index contributed by atoms with van der Waals surface area (Å²) < 4.78 is 12.9. The van der Waals surface area contributed by atoms with Crippen molar-refractivity contribution in [2.45, 2.75) is 32.2 Å². The maximum absolute atomic E-state index is 12.9. The predicted molar refractivity (Wildman–Crippen MR) is 64.6 cm³/mol. The molecule has 2 N–H and O–H groups in total. The van der Waals surface area contributed by atoms with Crippen molar-refractivity contribution in [3.8, 4) is 0 Å². The van der Waals surface area contributed by atoms with E-state index in [2.05, 4.69) is 5.32 Å². The molecule has 98 valence electrons. The number of carbonyl (C=O) groups excluding carboxylic acids is 1. The molecule has 0 aliphatic heterocycles. The van der Waals surface area contributed by atoms with E-state index in [0.717, 1.165) is 5.56 Å². The molecular formula is C13H16FNO3. The fourth-order valence-electron chi connectivity index (χ4n) is 1.61. The molecule has 0 bridgehead atoms. The third-order valence-electron chi connectivity index (χ3n) is 2.42. The van der Waals surface area contributed by atoms with Crippen molar-refractivity contribution in [2.24, 2.45) is 0 Å². The molecule has 1 amide bonds. The van der Waals surface area contributed by atoms with Gasteiger partial charge in [-0.3, -0.25) is 9.59 Å². The lowest BCUT2D eigenvalue weighted by atomic mass is 10.1. The maximum atomic E-state index is 12.9. The molecule has 5 heteroatoms. The monoisotopic (exact) mass is 253 g/mol. The summed E-state index contributed by atoms with van der Waals surface area (Å²) in [5, 5.41) is 11.1. The van der Waals surface area contributed by atoms with E-state index in [-0.39, 0.29) is 24.6 Å². The highest BCUT2D eigenvalue weighted by Crippen LogP contribution is 2.06. The van der Waals surface area contributed by atoms with Gasteiger partial charge in [0.1, 0.15) is 5.82 Å². The number of aliphatic carboxylic acids is 1. The predicted octanol–water partition coefficient (Wildman–Crippen LogP) is 1.74. The van der Waals surface area contributed by atoms with Crippen LogP contribution in [0.4, 0.5) is 4.39 Å². The van der Waals surface area contributed by atoms with Crippen LogP contribution in [0.25, 0.3) is 0 Å². The molecule has 18 heavy (non-hydrogen) atoms. The summed E-state index contributed by atoms with van der Waals surface area (Å²) >= 11 is 0. The van der Waals surface area contributed by atoms with Gasteiger partial charge in [-0.2, -0.15) is 0 Å². The topological polar surface area (TPSA) is 66.4 Å². The van der Waals surface area contributed by atoms with Crippen molar-refractivity contribution in [3.05, 3.63) is 35.6 Å². The van der Waals surface area contributed by atoms with E-state index in [1.807, 2.05) is 0 Å². The van der Waals surface area contributed by atoms with E-state index in [9.17, 15) is 14.0 Å². The number of hydrogen-bond donors (Lipinski definition) is 2. The molecule has 0 aliphatic carbocycles. The summed E-state index contributed by atoms with van der Waals surface area (Å²) in [5.41, 5.74) is 0.746. The number of carbonyl (C=O) groups is 2. The molecule has 0 saturated heterocycles. The highest BCUT2D eigenvalue weighted by molar-refractivity contribution is 5.77. The van der Waals surface area contributed by atoms with Crippen LogP contribution in [0.3, 0.4) is 0 Å². The third-order valence-corrected chi connectivity index (χ3v) is 2.42. The smallest absolute Gasteiger partial charge is 0.305 e. The van der Waals surface area contributed by atoms with Gasteiger partial charge in [-0.1, -0.05) is 12.1 Å². The van der Waals surface area contributed by atoms with Gasteiger partial charge in [-0.15, -0.1) is 0 Å². The summed E-state index contributed by atoms with van der Waals surface area (Å²) in [5.74, 6) is -1.51. The molecule has 0 fully saturated rings. The Morgan fingerprint density at radius 1 is 1.44 bits per heavy atom. The number of rotatable bonds is 6. The molecule has 0 heterocycles. The number of nitrogens with one attached hydrogen (secondary N) is 1. The number of carboxylic acids is 1. The van der Waals surface area contributed by atoms with Gasteiger partial charge in [0, 0.05) is 12.5 Å². The second-order valence-corrected chi connectivity index (χ2v) is 4.20. The van der Waals surface area contributed by atoms with Crippen LogP contribution in [0.5, 0.6) is 0 Å². The fraction of sp³-hybridized carbons (Fsp3) is 0.385. The SMILES string of the molecule is CC(CC(=O)O)NC(=O)CCc1cccc(F)c1. The second-order valence-electron chi connectivity index (χ2n) is 4.20.